The predicted octanol–water partition coefficient (Wildman–Crippen LogP) is 4.30. The fraction of sp³-hybridized carbons (Fsp3) is 0.667. The summed E-state index contributed by atoms with van der Waals surface area (Å²) in [7, 11) is 0. The Morgan fingerprint density at radius 2 is 2.16 bits per heavy atom. The second-order valence-corrected chi connectivity index (χ2v) is 6.19. The molecule has 0 radical (unpaired) electrons. The molecule has 1 aromatic rings. The largest absolute Gasteiger partial charge is 0.375 e. The van der Waals surface area contributed by atoms with E-state index >= 15 is 0 Å². The molecule has 1 aliphatic heterocycles. The van der Waals surface area contributed by atoms with Crippen LogP contribution >= 0.6 is 15.9 Å². The molecule has 1 fully saturated rings. The highest BCUT2D eigenvalue weighted by Crippen LogP contribution is 2.32. The van der Waals surface area contributed by atoms with Gasteiger partial charge in [0.05, 0.1) is 11.3 Å². The van der Waals surface area contributed by atoms with Gasteiger partial charge in [-0.2, -0.15) is 0 Å². The number of aromatic nitrogens is 1. The van der Waals surface area contributed by atoms with Crippen molar-refractivity contribution in [2.75, 3.05) is 11.9 Å². The fourth-order valence-electron chi connectivity index (χ4n) is 2.73. The molecule has 0 spiro atoms. The molecular formula is C15H23BrN2O. The number of nitrogens with one attached hydrogen (secondary N) is 1. The minimum absolute atomic E-state index is 0.0559. The lowest BCUT2D eigenvalue weighted by Crippen LogP contribution is -2.43. The predicted molar refractivity (Wildman–Crippen MR) is 82.6 cm³/mol. The van der Waals surface area contributed by atoms with Gasteiger partial charge in [0.1, 0.15) is 5.82 Å². The molecule has 3 nitrogen and oxygen atoms in total. The molecule has 106 valence electrons. The number of hydrogen-bond acceptors (Lipinski definition) is 3. The maximum atomic E-state index is 6.01. The number of rotatable bonds is 4. The van der Waals surface area contributed by atoms with Crippen LogP contribution in [0.4, 0.5) is 5.82 Å². The molecule has 0 aliphatic carbocycles. The van der Waals surface area contributed by atoms with Crippen molar-refractivity contribution in [3.63, 3.8) is 0 Å². The molecule has 1 N–H and O–H groups in total. The third kappa shape index (κ3) is 3.48. The zero-order chi connectivity index (χ0) is 13.9. The molecular weight excluding hydrogens is 304 g/mol. The molecule has 0 amide bonds. The maximum Gasteiger partial charge on any atom is 0.126 e. The van der Waals surface area contributed by atoms with Gasteiger partial charge in [0.15, 0.2) is 0 Å². The Labute approximate surface area is 124 Å². The van der Waals surface area contributed by atoms with E-state index in [9.17, 15) is 0 Å². The second-order valence-electron chi connectivity index (χ2n) is 5.34. The fourth-order valence-corrected chi connectivity index (χ4v) is 2.95. The van der Waals surface area contributed by atoms with E-state index in [1.165, 1.54) is 0 Å². The van der Waals surface area contributed by atoms with Gasteiger partial charge in [-0.25, -0.2) is 4.98 Å². The average molecular weight is 327 g/mol. The number of hydrogen-bond donors (Lipinski definition) is 1. The first-order valence-corrected chi connectivity index (χ1v) is 7.91. The Morgan fingerprint density at radius 1 is 1.42 bits per heavy atom. The van der Waals surface area contributed by atoms with Gasteiger partial charge in [-0.15, -0.1) is 0 Å². The SMILES string of the molecule is CCC1(CC)CC(Nc2ccc(Br)c(C)n2)CCO1. The second kappa shape index (κ2) is 6.23. The van der Waals surface area contributed by atoms with Gasteiger partial charge in [-0.05, 0) is 60.7 Å². The van der Waals surface area contributed by atoms with E-state index in [0.717, 1.165) is 48.3 Å². The molecule has 4 heteroatoms. The molecule has 19 heavy (non-hydrogen) atoms. The third-order valence-corrected chi connectivity index (χ3v) is 4.99. The molecule has 0 saturated carbocycles. The van der Waals surface area contributed by atoms with E-state index in [2.05, 4.69) is 46.1 Å². The lowest BCUT2D eigenvalue weighted by molar-refractivity contribution is -0.0864. The van der Waals surface area contributed by atoms with Crippen LogP contribution in [0.25, 0.3) is 0 Å². The first-order valence-electron chi connectivity index (χ1n) is 7.12. The van der Waals surface area contributed by atoms with E-state index in [-0.39, 0.29) is 5.60 Å². The van der Waals surface area contributed by atoms with Crippen molar-refractivity contribution < 1.29 is 4.74 Å². The quantitative estimate of drug-likeness (QED) is 0.895. The van der Waals surface area contributed by atoms with Gasteiger partial charge in [0.25, 0.3) is 0 Å². The summed E-state index contributed by atoms with van der Waals surface area (Å²) < 4.78 is 7.06. The lowest BCUT2D eigenvalue weighted by atomic mass is 9.86. The summed E-state index contributed by atoms with van der Waals surface area (Å²) in [5, 5.41) is 3.56. The summed E-state index contributed by atoms with van der Waals surface area (Å²) in [6, 6.07) is 4.55. The molecule has 1 atom stereocenters. The Hall–Kier alpha value is -0.610. The van der Waals surface area contributed by atoms with Crippen molar-refractivity contribution in [1.29, 1.82) is 0 Å². The molecule has 2 rings (SSSR count). The molecule has 1 unspecified atom stereocenters. The maximum absolute atomic E-state index is 6.01. The van der Waals surface area contributed by atoms with Crippen molar-refractivity contribution in [3.8, 4) is 0 Å². The van der Waals surface area contributed by atoms with Crippen LogP contribution in [0.1, 0.15) is 45.2 Å². The molecule has 2 heterocycles. The van der Waals surface area contributed by atoms with E-state index in [1.807, 2.05) is 13.0 Å². The van der Waals surface area contributed by atoms with Crippen molar-refractivity contribution in [1.82, 2.24) is 4.98 Å². The number of aryl methyl sites for hydroxylation is 1. The molecule has 0 bridgehead atoms. The van der Waals surface area contributed by atoms with Gasteiger partial charge in [0, 0.05) is 17.1 Å². The van der Waals surface area contributed by atoms with E-state index in [1.54, 1.807) is 0 Å². The molecule has 1 aromatic heterocycles. The van der Waals surface area contributed by atoms with E-state index in [0.29, 0.717) is 6.04 Å². The molecule has 0 aromatic carbocycles. The van der Waals surface area contributed by atoms with Crippen molar-refractivity contribution in [2.24, 2.45) is 0 Å². The van der Waals surface area contributed by atoms with Crippen LogP contribution in [-0.2, 0) is 4.74 Å². The number of pyridine rings is 1. The average Bonchev–Trinajstić information content (AvgIpc) is 2.43. The normalized spacial score (nSPS) is 22.2. The third-order valence-electron chi connectivity index (χ3n) is 4.15. The molecule has 1 aliphatic rings. The van der Waals surface area contributed by atoms with Crippen LogP contribution in [-0.4, -0.2) is 23.2 Å². The topological polar surface area (TPSA) is 34.2 Å². The van der Waals surface area contributed by atoms with Crippen LogP contribution in [0, 0.1) is 6.92 Å². The van der Waals surface area contributed by atoms with Crippen LogP contribution in [0.2, 0.25) is 0 Å². The number of nitrogens with zero attached hydrogens (tertiary/aromatic N) is 1. The van der Waals surface area contributed by atoms with Crippen LogP contribution in [0.3, 0.4) is 0 Å². The van der Waals surface area contributed by atoms with Gasteiger partial charge in [-0.3, -0.25) is 0 Å². The first-order chi connectivity index (χ1) is 9.08. The Kier molecular flexibility index (Phi) is 4.85. The van der Waals surface area contributed by atoms with Gasteiger partial charge >= 0.3 is 0 Å². The highest BCUT2D eigenvalue weighted by atomic mass is 79.9. The summed E-state index contributed by atoms with van der Waals surface area (Å²) in [5.74, 6) is 0.966. The standard InChI is InChI=1S/C15H23BrN2O/c1-4-15(5-2)10-12(8-9-19-15)18-14-7-6-13(16)11(3)17-14/h6-7,12H,4-5,8-10H2,1-3H3,(H,17,18). The highest BCUT2D eigenvalue weighted by Gasteiger charge is 2.34. The zero-order valence-corrected chi connectivity index (χ0v) is 13.6. The summed E-state index contributed by atoms with van der Waals surface area (Å²) in [4.78, 5) is 4.57. The number of ether oxygens (including phenoxy) is 1. The number of halogens is 1. The van der Waals surface area contributed by atoms with Gasteiger partial charge in [-0.1, -0.05) is 13.8 Å². The minimum atomic E-state index is 0.0559. The monoisotopic (exact) mass is 326 g/mol. The van der Waals surface area contributed by atoms with Crippen molar-refractivity contribution in [3.05, 3.63) is 22.3 Å². The smallest absolute Gasteiger partial charge is 0.126 e. The van der Waals surface area contributed by atoms with Crippen LogP contribution in [0.5, 0.6) is 0 Å². The van der Waals surface area contributed by atoms with E-state index in [4.69, 9.17) is 4.74 Å². The van der Waals surface area contributed by atoms with Crippen molar-refractivity contribution in [2.45, 2.75) is 58.1 Å². The lowest BCUT2D eigenvalue weighted by Gasteiger charge is -2.40. The minimum Gasteiger partial charge on any atom is -0.375 e. The Balaban J connectivity index is 2.04. The zero-order valence-electron chi connectivity index (χ0n) is 12.0. The Morgan fingerprint density at radius 3 is 2.79 bits per heavy atom. The van der Waals surface area contributed by atoms with Crippen LogP contribution < -0.4 is 5.32 Å². The van der Waals surface area contributed by atoms with Crippen LogP contribution in [0.15, 0.2) is 16.6 Å². The summed E-state index contributed by atoms with van der Waals surface area (Å²) in [5.41, 5.74) is 1.08. The number of anilines is 1. The Bertz CT molecular complexity index is 432. The van der Waals surface area contributed by atoms with Gasteiger partial charge in [0.2, 0.25) is 0 Å². The highest BCUT2D eigenvalue weighted by molar-refractivity contribution is 9.10. The van der Waals surface area contributed by atoms with Gasteiger partial charge < -0.3 is 10.1 Å². The summed E-state index contributed by atoms with van der Waals surface area (Å²) >= 11 is 3.48. The summed E-state index contributed by atoms with van der Waals surface area (Å²) in [6.45, 7) is 7.29. The summed E-state index contributed by atoms with van der Waals surface area (Å²) in [6.07, 6.45) is 4.28. The first kappa shape index (κ1) is 14.8. The molecule has 1 saturated heterocycles. The van der Waals surface area contributed by atoms with Crippen molar-refractivity contribution >= 4 is 21.7 Å². The van der Waals surface area contributed by atoms with E-state index < -0.39 is 0 Å².